The van der Waals surface area contributed by atoms with Crippen LogP contribution in [-0.4, -0.2) is 15.7 Å². The predicted octanol–water partition coefficient (Wildman–Crippen LogP) is 3.03. The number of rotatable bonds is 4. The Bertz CT molecular complexity index is 666. The topological polar surface area (TPSA) is 43.1 Å². The van der Waals surface area contributed by atoms with Gasteiger partial charge in [0.2, 0.25) is 0 Å². The fourth-order valence-electron chi connectivity index (χ4n) is 2.81. The van der Waals surface area contributed by atoms with Gasteiger partial charge in [0.15, 0.2) is 0 Å². The molecule has 3 heteroatoms. The summed E-state index contributed by atoms with van der Waals surface area (Å²) in [5, 5.41) is 0. The second-order valence-corrected chi connectivity index (χ2v) is 7.04. The molecule has 0 bridgehead atoms. The van der Waals surface area contributed by atoms with Crippen LogP contribution < -0.4 is 5.73 Å². The second-order valence-electron chi connectivity index (χ2n) is 5.25. The van der Waals surface area contributed by atoms with Gasteiger partial charge in [0, 0.05) is 28.3 Å². The van der Waals surface area contributed by atoms with Crippen LogP contribution in [0.25, 0.3) is 11.1 Å². The van der Waals surface area contributed by atoms with Crippen LogP contribution in [-0.2, 0) is 17.2 Å². The number of benzene rings is 2. The van der Waals surface area contributed by atoms with Gasteiger partial charge < -0.3 is 5.73 Å². The lowest BCUT2D eigenvalue weighted by molar-refractivity contribution is 0.676. The molecule has 104 valence electrons. The third kappa shape index (κ3) is 2.43. The van der Waals surface area contributed by atoms with Crippen LogP contribution >= 0.6 is 0 Å². The predicted molar refractivity (Wildman–Crippen MR) is 85.2 cm³/mol. The van der Waals surface area contributed by atoms with E-state index in [1.54, 1.807) is 0 Å². The van der Waals surface area contributed by atoms with Gasteiger partial charge in [-0.3, -0.25) is 4.21 Å². The van der Waals surface area contributed by atoms with Gasteiger partial charge in [0.25, 0.3) is 0 Å². The zero-order valence-electron chi connectivity index (χ0n) is 11.6. The molecule has 0 saturated heterocycles. The Hall–Kier alpha value is -1.45. The van der Waals surface area contributed by atoms with Crippen molar-refractivity contribution in [1.29, 1.82) is 0 Å². The van der Waals surface area contributed by atoms with Gasteiger partial charge in [-0.05, 0) is 34.2 Å². The molecule has 0 spiro atoms. The van der Waals surface area contributed by atoms with Crippen molar-refractivity contribution in [3.05, 3.63) is 59.2 Å². The molecule has 0 radical (unpaired) electrons. The first kappa shape index (κ1) is 13.5. The molecule has 0 saturated carbocycles. The largest absolute Gasteiger partial charge is 0.323 e. The van der Waals surface area contributed by atoms with Crippen LogP contribution in [0.5, 0.6) is 0 Å². The van der Waals surface area contributed by atoms with E-state index >= 15 is 0 Å². The Morgan fingerprint density at radius 1 is 1.15 bits per heavy atom. The molecule has 0 aromatic heterocycles. The molecule has 0 aliphatic heterocycles. The van der Waals surface area contributed by atoms with E-state index in [1.165, 1.54) is 22.3 Å². The summed E-state index contributed by atoms with van der Waals surface area (Å²) in [7, 11) is -0.821. The van der Waals surface area contributed by atoms with E-state index in [-0.39, 0.29) is 6.04 Å². The molecule has 1 aliphatic rings. The molecular formula is C17H19NOS. The second kappa shape index (κ2) is 5.51. The Morgan fingerprint density at radius 3 is 2.70 bits per heavy atom. The number of hydrogen-bond donors (Lipinski definition) is 1. The lowest BCUT2D eigenvalue weighted by Gasteiger charge is -2.13. The lowest BCUT2D eigenvalue weighted by Crippen LogP contribution is -2.19. The van der Waals surface area contributed by atoms with Gasteiger partial charge in [-0.1, -0.05) is 49.4 Å². The van der Waals surface area contributed by atoms with Gasteiger partial charge in [0.05, 0.1) is 0 Å². The minimum atomic E-state index is -0.821. The highest BCUT2D eigenvalue weighted by atomic mass is 32.2. The minimum absolute atomic E-state index is 0.134. The summed E-state index contributed by atoms with van der Waals surface area (Å²) in [6.45, 7) is 1.93. The molecule has 2 aromatic rings. The van der Waals surface area contributed by atoms with Gasteiger partial charge in [-0.2, -0.15) is 0 Å². The molecule has 0 amide bonds. The maximum Gasteiger partial charge on any atom is 0.0428 e. The zero-order chi connectivity index (χ0) is 14.1. The molecule has 0 fully saturated rings. The Morgan fingerprint density at radius 2 is 1.90 bits per heavy atom. The first-order chi connectivity index (χ1) is 9.69. The van der Waals surface area contributed by atoms with E-state index in [1.807, 2.05) is 6.92 Å². The number of nitrogens with two attached hydrogens (primary N) is 1. The average molecular weight is 285 g/mol. The van der Waals surface area contributed by atoms with Crippen molar-refractivity contribution >= 4 is 10.8 Å². The van der Waals surface area contributed by atoms with Gasteiger partial charge in [-0.25, -0.2) is 0 Å². The summed E-state index contributed by atoms with van der Waals surface area (Å²) < 4.78 is 11.6. The first-order valence-corrected chi connectivity index (χ1v) is 8.49. The van der Waals surface area contributed by atoms with E-state index in [9.17, 15) is 4.21 Å². The van der Waals surface area contributed by atoms with Crippen molar-refractivity contribution in [3.63, 3.8) is 0 Å². The van der Waals surface area contributed by atoms with E-state index < -0.39 is 10.8 Å². The molecule has 2 N–H and O–H groups in total. The molecule has 2 unspecified atom stereocenters. The normalized spacial score (nSPS) is 15.5. The smallest absolute Gasteiger partial charge is 0.0428 e. The van der Waals surface area contributed by atoms with Crippen molar-refractivity contribution in [3.8, 4) is 11.1 Å². The molecule has 20 heavy (non-hydrogen) atoms. The van der Waals surface area contributed by atoms with E-state index in [0.29, 0.717) is 11.5 Å². The van der Waals surface area contributed by atoms with Gasteiger partial charge in [-0.15, -0.1) is 0 Å². The van der Waals surface area contributed by atoms with Crippen molar-refractivity contribution in [2.24, 2.45) is 5.73 Å². The van der Waals surface area contributed by atoms with Crippen LogP contribution in [0, 0.1) is 0 Å². The first-order valence-electron chi connectivity index (χ1n) is 7.00. The third-order valence-electron chi connectivity index (χ3n) is 3.93. The van der Waals surface area contributed by atoms with Crippen LogP contribution in [0.3, 0.4) is 0 Å². The van der Waals surface area contributed by atoms with Crippen molar-refractivity contribution in [2.75, 3.05) is 11.5 Å². The Labute approximate surface area is 122 Å². The van der Waals surface area contributed by atoms with E-state index in [2.05, 4.69) is 42.5 Å². The SMILES string of the molecule is CCS(=O)CC(N)c1ccc2c(c1)Cc1ccccc1-2. The minimum Gasteiger partial charge on any atom is -0.323 e. The summed E-state index contributed by atoms with van der Waals surface area (Å²) in [6.07, 6.45) is 0.975. The fraction of sp³-hybridized carbons (Fsp3) is 0.294. The summed E-state index contributed by atoms with van der Waals surface area (Å²) in [4.78, 5) is 0. The number of hydrogen-bond acceptors (Lipinski definition) is 2. The van der Waals surface area contributed by atoms with E-state index in [4.69, 9.17) is 5.73 Å². The molecule has 0 heterocycles. The van der Waals surface area contributed by atoms with Crippen molar-refractivity contribution in [1.82, 2.24) is 0 Å². The van der Waals surface area contributed by atoms with Crippen molar-refractivity contribution < 1.29 is 4.21 Å². The average Bonchev–Trinajstić information content (AvgIpc) is 2.84. The number of fused-ring (bicyclic) bond motifs is 3. The fourth-order valence-corrected chi connectivity index (χ4v) is 3.64. The summed E-state index contributed by atoms with van der Waals surface area (Å²) in [6, 6.07) is 14.8. The molecule has 2 nitrogen and oxygen atoms in total. The Balaban J connectivity index is 1.89. The monoisotopic (exact) mass is 285 g/mol. The van der Waals surface area contributed by atoms with Crippen molar-refractivity contribution in [2.45, 2.75) is 19.4 Å². The van der Waals surface area contributed by atoms with E-state index in [0.717, 1.165) is 12.0 Å². The van der Waals surface area contributed by atoms with Crippen LogP contribution in [0.15, 0.2) is 42.5 Å². The molecule has 2 aromatic carbocycles. The van der Waals surface area contributed by atoms with Gasteiger partial charge >= 0.3 is 0 Å². The molecule has 3 rings (SSSR count). The highest BCUT2D eigenvalue weighted by molar-refractivity contribution is 7.84. The standard InChI is InChI=1S/C17H19NOS/c1-2-20(19)11-17(18)13-7-8-16-14(10-13)9-12-5-3-4-6-15(12)16/h3-8,10,17H,2,9,11,18H2,1H3. The molecule has 2 atom stereocenters. The van der Waals surface area contributed by atoms with Gasteiger partial charge in [0.1, 0.15) is 0 Å². The summed E-state index contributed by atoms with van der Waals surface area (Å²) in [5.74, 6) is 1.21. The van der Waals surface area contributed by atoms with Crippen LogP contribution in [0.1, 0.15) is 29.7 Å². The molecular weight excluding hydrogens is 266 g/mol. The lowest BCUT2D eigenvalue weighted by atomic mass is 10.0. The highest BCUT2D eigenvalue weighted by Gasteiger charge is 2.19. The summed E-state index contributed by atoms with van der Waals surface area (Å²) >= 11 is 0. The summed E-state index contributed by atoms with van der Waals surface area (Å²) in [5.41, 5.74) is 12.6. The third-order valence-corrected chi connectivity index (χ3v) is 5.31. The Kier molecular flexibility index (Phi) is 3.72. The quantitative estimate of drug-likeness (QED) is 0.800. The maximum atomic E-state index is 11.6. The highest BCUT2D eigenvalue weighted by Crippen LogP contribution is 2.37. The van der Waals surface area contributed by atoms with Crippen LogP contribution in [0.4, 0.5) is 0 Å². The van der Waals surface area contributed by atoms with Crippen LogP contribution in [0.2, 0.25) is 0 Å². The molecule has 1 aliphatic carbocycles. The zero-order valence-corrected chi connectivity index (χ0v) is 12.5. The maximum absolute atomic E-state index is 11.6.